The first kappa shape index (κ1) is 31.3. The average Bonchev–Trinajstić information content (AvgIpc) is 3.26. The number of rotatable bonds is 8. The maximum atomic E-state index is 13.9. The molecule has 1 atom stereocenters. The van der Waals surface area contributed by atoms with Crippen molar-refractivity contribution in [1.29, 1.82) is 0 Å². The molecule has 4 aromatic rings. The van der Waals surface area contributed by atoms with Gasteiger partial charge < -0.3 is 14.2 Å². The van der Waals surface area contributed by atoms with Crippen LogP contribution >= 0.6 is 62.1 Å². The van der Waals surface area contributed by atoms with Crippen LogP contribution in [0.25, 0.3) is 6.08 Å². The van der Waals surface area contributed by atoms with E-state index in [1.807, 2.05) is 6.07 Å². The van der Waals surface area contributed by atoms with Crippen LogP contribution in [0.3, 0.4) is 0 Å². The van der Waals surface area contributed by atoms with Crippen molar-refractivity contribution >= 4 is 74.1 Å². The molecule has 0 saturated heterocycles. The van der Waals surface area contributed by atoms with Gasteiger partial charge in [-0.2, -0.15) is 0 Å². The lowest BCUT2D eigenvalue weighted by Gasteiger charge is -2.24. The van der Waals surface area contributed by atoms with Gasteiger partial charge in [0.15, 0.2) is 16.3 Å². The third-order valence-electron chi connectivity index (χ3n) is 6.64. The second-order valence-corrected chi connectivity index (χ2v) is 12.6. The number of carbonyl (C=O) groups excluding carboxylic acids is 1. The third-order valence-corrected chi connectivity index (χ3v) is 9.05. The molecule has 0 saturated carbocycles. The second kappa shape index (κ2) is 13.3. The summed E-state index contributed by atoms with van der Waals surface area (Å²) in [6.45, 7) is 3.85. The topological polar surface area (TPSA) is 79.1 Å². The van der Waals surface area contributed by atoms with Gasteiger partial charge in [-0.05, 0) is 83.4 Å². The normalized spacial score (nSPS) is 14.8. The predicted octanol–water partition coefficient (Wildman–Crippen LogP) is 7.11. The number of halogens is 4. The Morgan fingerprint density at radius 3 is 2.49 bits per heavy atom. The van der Waals surface area contributed by atoms with E-state index < -0.39 is 12.0 Å². The Labute approximate surface area is 274 Å². The van der Waals surface area contributed by atoms with Crippen molar-refractivity contribution in [3.05, 3.63) is 122 Å². The SMILES string of the molecule is CCOC(=O)C1=C(C)N=c2sc(=Cc3cc(Br)c(OCc4ccc(Cl)cc4Cl)c(OC)c3)c(=O)n2C1c1ccc(Cl)cc1. The van der Waals surface area contributed by atoms with Gasteiger partial charge in [0.25, 0.3) is 5.56 Å². The minimum atomic E-state index is -0.730. The van der Waals surface area contributed by atoms with Crippen molar-refractivity contribution in [2.45, 2.75) is 26.5 Å². The summed E-state index contributed by atoms with van der Waals surface area (Å²) in [5.74, 6) is 0.407. The van der Waals surface area contributed by atoms with E-state index in [9.17, 15) is 9.59 Å². The predicted molar refractivity (Wildman–Crippen MR) is 173 cm³/mol. The Hall–Kier alpha value is -3.08. The molecule has 0 radical (unpaired) electrons. The van der Waals surface area contributed by atoms with E-state index in [1.54, 1.807) is 68.5 Å². The molecule has 222 valence electrons. The van der Waals surface area contributed by atoms with Gasteiger partial charge in [-0.15, -0.1) is 0 Å². The van der Waals surface area contributed by atoms with Crippen LogP contribution in [0.2, 0.25) is 15.1 Å². The molecule has 1 aliphatic rings. The highest BCUT2D eigenvalue weighted by molar-refractivity contribution is 9.10. The van der Waals surface area contributed by atoms with Crippen molar-refractivity contribution in [3.63, 3.8) is 0 Å². The molecule has 1 aliphatic heterocycles. The zero-order valence-electron chi connectivity index (χ0n) is 23.1. The number of thiazole rings is 1. The zero-order valence-corrected chi connectivity index (χ0v) is 27.8. The van der Waals surface area contributed by atoms with E-state index in [2.05, 4.69) is 20.9 Å². The van der Waals surface area contributed by atoms with E-state index >= 15 is 0 Å². The second-order valence-electron chi connectivity index (χ2n) is 9.41. The van der Waals surface area contributed by atoms with Gasteiger partial charge >= 0.3 is 5.97 Å². The molecule has 0 aliphatic carbocycles. The minimum absolute atomic E-state index is 0.190. The van der Waals surface area contributed by atoms with Crippen LogP contribution in [0.15, 0.2) is 80.1 Å². The third kappa shape index (κ3) is 6.56. The number of fused-ring (bicyclic) bond motifs is 1. The summed E-state index contributed by atoms with van der Waals surface area (Å²) in [6, 6.07) is 15.1. The fourth-order valence-corrected chi connectivity index (χ4v) is 6.87. The molecule has 2 heterocycles. The molecule has 5 rings (SSSR count). The largest absolute Gasteiger partial charge is 0.493 e. The highest BCUT2D eigenvalue weighted by Gasteiger charge is 2.33. The molecule has 0 amide bonds. The van der Waals surface area contributed by atoms with Crippen molar-refractivity contribution in [1.82, 2.24) is 4.57 Å². The van der Waals surface area contributed by atoms with Crippen molar-refractivity contribution in [3.8, 4) is 11.5 Å². The van der Waals surface area contributed by atoms with Crippen molar-refractivity contribution in [2.24, 2.45) is 4.99 Å². The van der Waals surface area contributed by atoms with Crippen LogP contribution in [0.4, 0.5) is 0 Å². The molecule has 12 heteroatoms. The number of esters is 1. The maximum absolute atomic E-state index is 13.9. The van der Waals surface area contributed by atoms with Gasteiger partial charge in [-0.3, -0.25) is 9.36 Å². The summed E-state index contributed by atoms with van der Waals surface area (Å²) in [5.41, 5.74) is 2.65. The van der Waals surface area contributed by atoms with E-state index in [4.69, 9.17) is 49.0 Å². The first-order valence-corrected chi connectivity index (χ1v) is 15.7. The summed E-state index contributed by atoms with van der Waals surface area (Å²) >= 11 is 23.3. The summed E-state index contributed by atoms with van der Waals surface area (Å²) in [5, 5.41) is 1.57. The number of hydrogen-bond acceptors (Lipinski definition) is 7. The molecule has 3 aromatic carbocycles. The quantitative estimate of drug-likeness (QED) is 0.181. The minimum Gasteiger partial charge on any atom is -0.493 e. The highest BCUT2D eigenvalue weighted by atomic mass is 79.9. The Balaban J connectivity index is 1.56. The lowest BCUT2D eigenvalue weighted by Crippen LogP contribution is -2.39. The van der Waals surface area contributed by atoms with Crippen LogP contribution in [0.1, 0.15) is 36.6 Å². The number of ether oxygens (including phenoxy) is 3. The summed E-state index contributed by atoms with van der Waals surface area (Å²) in [6.07, 6.45) is 1.75. The van der Waals surface area contributed by atoms with Crippen LogP contribution < -0.4 is 24.4 Å². The Bertz CT molecular complexity index is 1940. The molecule has 1 unspecified atom stereocenters. The number of hydrogen-bond donors (Lipinski definition) is 0. The average molecular weight is 723 g/mol. The van der Waals surface area contributed by atoms with Gasteiger partial charge in [-0.1, -0.05) is 64.3 Å². The smallest absolute Gasteiger partial charge is 0.338 e. The number of methoxy groups -OCH3 is 1. The van der Waals surface area contributed by atoms with Gasteiger partial charge in [0.05, 0.1) is 40.0 Å². The number of benzene rings is 3. The molecule has 7 nitrogen and oxygen atoms in total. The maximum Gasteiger partial charge on any atom is 0.338 e. The van der Waals surface area contributed by atoms with E-state index in [0.29, 0.717) is 62.8 Å². The monoisotopic (exact) mass is 720 g/mol. The molecular weight excluding hydrogens is 699 g/mol. The van der Waals surface area contributed by atoms with E-state index in [1.165, 1.54) is 23.0 Å². The summed E-state index contributed by atoms with van der Waals surface area (Å²) < 4.78 is 19.6. The van der Waals surface area contributed by atoms with Crippen LogP contribution in [-0.4, -0.2) is 24.3 Å². The molecule has 0 bridgehead atoms. The summed E-state index contributed by atoms with van der Waals surface area (Å²) in [7, 11) is 1.54. The molecular formula is C31H24BrCl3N2O5S. The molecule has 0 N–H and O–H groups in total. The van der Waals surface area contributed by atoms with Crippen LogP contribution in [0.5, 0.6) is 11.5 Å². The highest BCUT2D eigenvalue weighted by Crippen LogP contribution is 2.38. The number of aromatic nitrogens is 1. The molecule has 1 aromatic heterocycles. The van der Waals surface area contributed by atoms with Crippen LogP contribution in [0, 0.1) is 0 Å². The number of allylic oxidation sites excluding steroid dienone is 1. The molecule has 0 fully saturated rings. The lowest BCUT2D eigenvalue weighted by molar-refractivity contribution is -0.139. The first-order chi connectivity index (χ1) is 20.6. The molecule has 43 heavy (non-hydrogen) atoms. The Morgan fingerprint density at radius 2 is 1.81 bits per heavy atom. The van der Waals surface area contributed by atoms with Gasteiger partial charge in [-0.25, -0.2) is 9.79 Å². The van der Waals surface area contributed by atoms with E-state index in [-0.39, 0.29) is 18.8 Å². The fourth-order valence-electron chi connectivity index (χ4n) is 4.66. The van der Waals surface area contributed by atoms with Gasteiger partial charge in [0.2, 0.25) is 0 Å². The van der Waals surface area contributed by atoms with Crippen LogP contribution in [-0.2, 0) is 16.1 Å². The number of nitrogens with zero attached hydrogens (tertiary/aromatic N) is 2. The van der Waals surface area contributed by atoms with Crippen molar-refractivity contribution in [2.75, 3.05) is 13.7 Å². The fraction of sp³-hybridized carbons (Fsp3) is 0.194. The standard InChI is InChI=1S/C31H24BrCl3N2O5S/c1-4-41-30(39)26-16(2)36-31-37(27(26)18-5-8-20(33)9-6-18)29(38)25(43-31)13-17-11-22(32)28(24(12-17)40-3)42-15-19-7-10-21(34)14-23(19)35/h5-14,27H,4,15H2,1-3H3. The molecule has 0 spiro atoms. The lowest BCUT2D eigenvalue weighted by atomic mass is 9.96. The number of carbonyl (C=O) groups is 1. The Kier molecular flexibility index (Phi) is 9.68. The Morgan fingerprint density at radius 1 is 1.09 bits per heavy atom. The van der Waals surface area contributed by atoms with E-state index in [0.717, 1.165) is 5.56 Å². The van der Waals surface area contributed by atoms with Crippen molar-refractivity contribution < 1.29 is 19.0 Å². The van der Waals surface area contributed by atoms with Gasteiger partial charge in [0.1, 0.15) is 6.61 Å². The van der Waals surface area contributed by atoms with Gasteiger partial charge in [0, 0.05) is 20.6 Å². The zero-order chi connectivity index (χ0) is 30.8. The summed E-state index contributed by atoms with van der Waals surface area (Å²) in [4.78, 5) is 32.1. The first-order valence-electron chi connectivity index (χ1n) is 13.0.